The van der Waals surface area contributed by atoms with Crippen molar-refractivity contribution in [1.82, 2.24) is 31.1 Å². The van der Waals surface area contributed by atoms with Crippen LogP contribution >= 0.6 is 0 Å². The maximum atomic E-state index is 13.8. The van der Waals surface area contributed by atoms with Crippen LogP contribution in [0, 0.1) is 5.92 Å². The Bertz CT molecular complexity index is 1660. The van der Waals surface area contributed by atoms with Crippen molar-refractivity contribution in [2.24, 2.45) is 11.7 Å². The third-order valence-electron chi connectivity index (χ3n) is 10.4. The molecule has 1 fully saturated rings. The number of ether oxygens (including phenoxy) is 8. The van der Waals surface area contributed by atoms with Gasteiger partial charge >= 0.3 is 0 Å². The second-order valence-corrected chi connectivity index (χ2v) is 15.0. The van der Waals surface area contributed by atoms with Crippen LogP contribution in [-0.2, 0) is 42.7 Å². The Kier molecular flexibility index (Phi) is 20.8. The van der Waals surface area contributed by atoms with Gasteiger partial charge in [0.2, 0.25) is 5.91 Å². The molecule has 4 aliphatic rings. The van der Waals surface area contributed by atoms with E-state index in [1.807, 2.05) is 29.4 Å². The van der Waals surface area contributed by atoms with Crippen molar-refractivity contribution < 1.29 is 56.3 Å². The average molecular weight is 878 g/mol. The van der Waals surface area contributed by atoms with E-state index in [-0.39, 0.29) is 42.4 Å². The van der Waals surface area contributed by atoms with E-state index in [0.717, 1.165) is 36.7 Å². The van der Waals surface area contributed by atoms with E-state index >= 15 is 0 Å². The van der Waals surface area contributed by atoms with E-state index in [1.54, 1.807) is 19.2 Å². The molecule has 6 N–H and O–H groups in total. The molecule has 0 saturated carbocycles. The Hall–Kier alpha value is -4.18. The Balaban J connectivity index is 0.932. The number of allylic oxidation sites excluding steroid dienone is 2. The lowest BCUT2D eigenvalue weighted by Gasteiger charge is -2.40. The van der Waals surface area contributed by atoms with Crippen molar-refractivity contribution in [2.75, 3.05) is 126 Å². The molecule has 0 aliphatic carbocycles. The van der Waals surface area contributed by atoms with E-state index < -0.39 is 18.0 Å². The summed E-state index contributed by atoms with van der Waals surface area (Å²) in [5.74, 6) is -3.06. The lowest BCUT2D eigenvalue weighted by molar-refractivity contribution is -0.134. The Morgan fingerprint density at radius 2 is 1.40 bits per heavy atom. The largest absolute Gasteiger partial charge is 0.382 e. The fraction of sp³-hybridized carbons (Fsp3) is 0.628. The van der Waals surface area contributed by atoms with Gasteiger partial charge in [0.1, 0.15) is 18.2 Å². The number of carbonyl (C=O) groups excluding carboxylic acids is 2. The Labute approximate surface area is 363 Å². The van der Waals surface area contributed by atoms with Crippen LogP contribution in [0.1, 0.15) is 42.1 Å². The summed E-state index contributed by atoms with van der Waals surface area (Å²) in [6.45, 7) is 9.35. The van der Waals surface area contributed by atoms with E-state index in [2.05, 4.69) is 26.2 Å². The van der Waals surface area contributed by atoms with Gasteiger partial charge in [-0.2, -0.15) is 0 Å². The van der Waals surface area contributed by atoms with Gasteiger partial charge in [-0.25, -0.2) is 8.78 Å². The fourth-order valence-corrected chi connectivity index (χ4v) is 7.22. The van der Waals surface area contributed by atoms with Gasteiger partial charge in [0.25, 0.3) is 11.8 Å². The molecule has 1 aromatic rings. The zero-order valence-corrected chi connectivity index (χ0v) is 36.0. The third-order valence-corrected chi connectivity index (χ3v) is 10.4. The number of likely N-dealkylation sites (tertiary alicyclic amines) is 1. The van der Waals surface area contributed by atoms with Crippen molar-refractivity contribution in [3.8, 4) is 0 Å². The minimum atomic E-state index is -3.01. The summed E-state index contributed by atoms with van der Waals surface area (Å²) < 4.78 is 71.1. The number of hydrogen-bond acceptors (Lipinski definition) is 15. The number of dihydropyridines is 1. The summed E-state index contributed by atoms with van der Waals surface area (Å²) in [7, 11) is 1.64. The van der Waals surface area contributed by atoms with Crippen LogP contribution in [0.4, 0.5) is 8.78 Å². The molecule has 1 aromatic carbocycles. The molecule has 0 bridgehead atoms. The van der Waals surface area contributed by atoms with Gasteiger partial charge in [-0.05, 0) is 36.6 Å². The van der Waals surface area contributed by atoms with Gasteiger partial charge in [-0.1, -0.05) is 18.2 Å². The maximum Gasteiger partial charge on any atom is 0.270 e. The van der Waals surface area contributed by atoms with Gasteiger partial charge in [0.05, 0.1) is 117 Å². The van der Waals surface area contributed by atoms with Crippen LogP contribution in [0.2, 0.25) is 0 Å². The number of nitrogens with zero attached hydrogens (tertiary/aromatic N) is 2. The van der Waals surface area contributed by atoms with Crippen molar-refractivity contribution >= 4 is 17.5 Å². The molecule has 0 spiro atoms. The lowest BCUT2D eigenvalue weighted by atomic mass is 9.94. The first-order valence-electron chi connectivity index (χ1n) is 21.4. The number of alkyl halides is 2. The number of carbonyl (C=O) groups is 2. The van der Waals surface area contributed by atoms with E-state index in [4.69, 9.17) is 43.6 Å². The molecule has 0 radical (unpaired) electrons. The number of amides is 2. The minimum absolute atomic E-state index is 0.0464. The SMILES string of the molecule is COCCOCCOCCOCCOCCOCCOCCOCCC(=O)N1CCCC(C2NC(c3ccc(C(=O)NC4=CC(C(C)(F)F)=CCN4)cc3)=C3C(N)NC=CN32)C1. The molecule has 62 heavy (non-hydrogen) atoms. The number of benzene rings is 1. The van der Waals surface area contributed by atoms with Crippen LogP contribution in [0.3, 0.4) is 0 Å². The second-order valence-electron chi connectivity index (χ2n) is 15.0. The topological polar surface area (TPSA) is 189 Å². The van der Waals surface area contributed by atoms with Gasteiger partial charge in [-0.15, -0.1) is 0 Å². The second kappa shape index (κ2) is 26.4. The third kappa shape index (κ3) is 15.9. The predicted molar refractivity (Wildman–Crippen MR) is 226 cm³/mol. The number of nitrogens with one attached hydrogen (secondary N) is 4. The standard InChI is InChI=1S/C43H65F2N7O10/c1-43(44,45)35-9-11-47-36(30-35)49-42(54)33-7-5-32(6-8-33)38-39-40(46)48-12-14-52(39)41(50-38)34-4-3-13-51(31-34)37(53)10-15-56-18-19-58-22-23-60-26-27-62-29-28-61-25-24-59-21-20-57-17-16-55-2/h5-9,12,14,30,34,40-41,47-48,50H,3-4,10-11,13,15-29,31,46H2,1-2H3,(H,49,54). The molecule has 19 heteroatoms. The predicted octanol–water partition coefficient (Wildman–Crippen LogP) is 2.09. The van der Waals surface area contributed by atoms with Gasteiger partial charge in [-0.3, -0.25) is 9.59 Å². The van der Waals surface area contributed by atoms with E-state index in [9.17, 15) is 18.4 Å². The Morgan fingerprint density at radius 3 is 1.97 bits per heavy atom. The van der Waals surface area contributed by atoms with Gasteiger partial charge < -0.3 is 74.7 Å². The molecule has 346 valence electrons. The average Bonchev–Trinajstić information content (AvgIpc) is 3.67. The number of nitrogens with two attached hydrogens (primary N) is 1. The number of rotatable bonds is 29. The quantitative estimate of drug-likeness (QED) is 0.0736. The molecule has 0 aromatic heterocycles. The highest BCUT2D eigenvalue weighted by Crippen LogP contribution is 2.36. The molecular formula is C43H65F2N7O10. The summed E-state index contributed by atoms with van der Waals surface area (Å²) in [6.07, 6.45) is 7.86. The highest BCUT2D eigenvalue weighted by Gasteiger charge is 2.41. The maximum absolute atomic E-state index is 13.8. The summed E-state index contributed by atoms with van der Waals surface area (Å²) in [6, 6.07) is 7.05. The highest BCUT2D eigenvalue weighted by molar-refractivity contribution is 5.95. The molecule has 5 rings (SSSR count). The van der Waals surface area contributed by atoms with Crippen molar-refractivity contribution in [1.29, 1.82) is 0 Å². The fourth-order valence-electron chi connectivity index (χ4n) is 7.22. The van der Waals surface area contributed by atoms with Crippen LogP contribution in [-0.4, -0.2) is 166 Å². The number of piperidine rings is 1. The van der Waals surface area contributed by atoms with Crippen LogP contribution in [0.25, 0.3) is 5.70 Å². The summed E-state index contributed by atoms with van der Waals surface area (Å²) in [4.78, 5) is 30.4. The van der Waals surface area contributed by atoms with Crippen LogP contribution in [0.15, 0.2) is 65.9 Å². The van der Waals surface area contributed by atoms with Gasteiger partial charge in [0.15, 0.2) is 0 Å². The van der Waals surface area contributed by atoms with E-state index in [0.29, 0.717) is 118 Å². The molecule has 3 unspecified atom stereocenters. The first kappa shape index (κ1) is 48.8. The van der Waals surface area contributed by atoms with Crippen molar-refractivity contribution in [2.45, 2.75) is 44.4 Å². The minimum Gasteiger partial charge on any atom is -0.382 e. The smallest absolute Gasteiger partial charge is 0.270 e. The van der Waals surface area contributed by atoms with Crippen molar-refractivity contribution in [3.05, 3.63) is 77.0 Å². The lowest BCUT2D eigenvalue weighted by Crippen LogP contribution is -2.52. The monoisotopic (exact) mass is 877 g/mol. The van der Waals surface area contributed by atoms with Crippen LogP contribution in [0.5, 0.6) is 0 Å². The summed E-state index contributed by atoms with van der Waals surface area (Å²) in [5.41, 5.74) is 9.29. The number of halogens is 2. The zero-order chi connectivity index (χ0) is 44.0. The molecule has 17 nitrogen and oxygen atoms in total. The van der Waals surface area contributed by atoms with Crippen LogP contribution < -0.4 is 27.0 Å². The molecule has 2 amide bonds. The zero-order valence-electron chi connectivity index (χ0n) is 36.0. The molecule has 1 saturated heterocycles. The molecule has 3 atom stereocenters. The molecular weight excluding hydrogens is 813 g/mol. The normalized spacial score (nSPS) is 20.0. The van der Waals surface area contributed by atoms with Crippen molar-refractivity contribution in [3.63, 3.8) is 0 Å². The number of fused-ring (bicyclic) bond motifs is 1. The highest BCUT2D eigenvalue weighted by atomic mass is 19.3. The summed E-state index contributed by atoms with van der Waals surface area (Å²) >= 11 is 0. The molecule has 4 heterocycles. The Morgan fingerprint density at radius 1 is 0.839 bits per heavy atom. The number of methoxy groups -OCH3 is 1. The van der Waals surface area contributed by atoms with E-state index in [1.165, 1.54) is 12.2 Å². The first-order chi connectivity index (χ1) is 30.2. The molecule has 4 aliphatic heterocycles. The van der Waals surface area contributed by atoms with Gasteiger partial charge in [0, 0.05) is 63.1 Å². The number of hydrogen-bond donors (Lipinski definition) is 5. The summed E-state index contributed by atoms with van der Waals surface area (Å²) in [5, 5.41) is 12.5. The first-order valence-corrected chi connectivity index (χ1v) is 21.4.